The van der Waals surface area contributed by atoms with Gasteiger partial charge in [-0.1, -0.05) is 6.07 Å². The molecule has 0 bridgehead atoms. The molecule has 0 aliphatic carbocycles. The first-order valence-electron chi connectivity index (χ1n) is 9.06. The molecule has 2 aromatic carbocycles. The molecule has 3 N–H and O–H groups in total. The van der Waals surface area contributed by atoms with Gasteiger partial charge in [-0.15, -0.1) is 0 Å². The molecule has 0 fully saturated rings. The average Bonchev–Trinajstić information content (AvgIpc) is 2.66. The lowest BCUT2D eigenvalue weighted by molar-refractivity contribution is -0.137. The van der Waals surface area contributed by atoms with Crippen molar-refractivity contribution in [2.75, 3.05) is 16.2 Å². The van der Waals surface area contributed by atoms with Crippen LogP contribution in [-0.2, 0) is 16.2 Å². The Morgan fingerprint density at radius 3 is 2.61 bits per heavy atom. The zero-order valence-electron chi connectivity index (χ0n) is 16.1. The Labute approximate surface area is 175 Å². The number of aliphatic hydroxyl groups excluding tert-OH is 1. The van der Waals surface area contributed by atoms with Crippen LogP contribution in [0.1, 0.15) is 18.9 Å². The lowest BCUT2D eigenvalue weighted by Gasteiger charge is -2.36. The number of ether oxygens (including phenoxy) is 1. The molecule has 2 atom stereocenters. The summed E-state index contributed by atoms with van der Waals surface area (Å²) in [7, 11) is -4.48. The summed E-state index contributed by atoms with van der Waals surface area (Å²) in [6.07, 6.45) is -7.63. The van der Waals surface area contributed by atoms with Gasteiger partial charge in [-0.25, -0.2) is 13.2 Å². The summed E-state index contributed by atoms with van der Waals surface area (Å²) in [5.41, 5.74) is -1.11. The third kappa shape index (κ3) is 5.02. The SMILES string of the molecule is CC(O)CC1CN(S(=O)(=O)c2cccc(C(F)(F)F)c2)c2cc(NC(=O)O)ccc2O1. The minimum Gasteiger partial charge on any atom is -0.486 e. The molecule has 0 saturated carbocycles. The maximum absolute atomic E-state index is 13.3. The lowest BCUT2D eigenvalue weighted by Crippen LogP contribution is -2.44. The Hall–Kier alpha value is -2.99. The van der Waals surface area contributed by atoms with E-state index in [1.807, 2.05) is 0 Å². The van der Waals surface area contributed by atoms with Crippen molar-refractivity contribution in [3.8, 4) is 5.75 Å². The summed E-state index contributed by atoms with van der Waals surface area (Å²) in [6.45, 7) is 1.21. The first-order chi connectivity index (χ1) is 14.4. The van der Waals surface area contributed by atoms with Crippen LogP contribution in [-0.4, -0.2) is 43.5 Å². The summed E-state index contributed by atoms with van der Waals surface area (Å²) >= 11 is 0. The predicted molar refractivity (Wildman–Crippen MR) is 105 cm³/mol. The van der Waals surface area contributed by atoms with Crippen molar-refractivity contribution in [1.82, 2.24) is 0 Å². The highest BCUT2D eigenvalue weighted by molar-refractivity contribution is 7.92. The molecule has 0 radical (unpaired) electrons. The normalized spacial score (nSPS) is 17.5. The zero-order valence-corrected chi connectivity index (χ0v) is 16.9. The zero-order chi connectivity index (χ0) is 23.0. The van der Waals surface area contributed by atoms with E-state index in [1.54, 1.807) is 0 Å². The first kappa shape index (κ1) is 22.7. The van der Waals surface area contributed by atoms with Gasteiger partial charge in [0.1, 0.15) is 11.9 Å². The molecule has 31 heavy (non-hydrogen) atoms. The quantitative estimate of drug-likeness (QED) is 0.629. The number of sulfonamides is 1. The van der Waals surface area contributed by atoms with Crippen molar-refractivity contribution >= 4 is 27.5 Å². The van der Waals surface area contributed by atoms with Gasteiger partial charge in [0.05, 0.1) is 28.8 Å². The molecule has 0 saturated heterocycles. The number of fused-ring (bicyclic) bond motifs is 1. The van der Waals surface area contributed by atoms with E-state index in [-0.39, 0.29) is 30.1 Å². The number of hydrogen-bond donors (Lipinski definition) is 3. The van der Waals surface area contributed by atoms with Gasteiger partial charge < -0.3 is 14.9 Å². The molecule has 0 spiro atoms. The minimum atomic E-state index is -4.73. The van der Waals surface area contributed by atoms with Crippen molar-refractivity contribution in [3.63, 3.8) is 0 Å². The van der Waals surface area contributed by atoms with Crippen LogP contribution in [0.5, 0.6) is 5.75 Å². The largest absolute Gasteiger partial charge is 0.486 e. The summed E-state index contributed by atoms with van der Waals surface area (Å²) in [6, 6.07) is 7.25. The number of carbonyl (C=O) groups is 1. The number of rotatable bonds is 5. The van der Waals surface area contributed by atoms with Crippen LogP contribution in [0.15, 0.2) is 47.4 Å². The van der Waals surface area contributed by atoms with Crippen molar-refractivity contribution < 1.29 is 41.3 Å². The molecule has 1 aliphatic heterocycles. The van der Waals surface area contributed by atoms with Crippen molar-refractivity contribution in [1.29, 1.82) is 0 Å². The Bertz CT molecular complexity index is 1090. The van der Waals surface area contributed by atoms with E-state index in [4.69, 9.17) is 9.84 Å². The molecule has 3 rings (SSSR count). The lowest BCUT2D eigenvalue weighted by atomic mass is 10.1. The van der Waals surface area contributed by atoms with Gasteiger partial charge >= 0.3 is 12.3 Å². The molecule has 2 aromatic rings. The average molecular weight is 460 g/mol. The Morgan fingerprint density at radius 1 is 1.29 bits per heavy atom. The number of alkyl halides is 3. The predicted octanol–water partition coefficient (Wildman–Crippen LogP) is 3.52. The fraction of sp³-hybridized carbons (Fsp3) is 0.316. The summed E-state index contributed by atoms with van der Waals surface area (Å²) in [5, 5.41) is 20.7. The van der Waals surface area contributed by atoms with E-state index in [0.29, 0.717) is 6.07 Å². The van der Waals surface area contributed by atoms with E-state index in [1.165, 1.54) is 25.1 Å². The van der Waals surface area contributed by atoms with Crippen LogP contribution < -0.4 is 14.4 Å². The molecule has 0 aromatic heterocycles. The number of nitrogens with one attached hydrogen (secondary N) is 1. The fourth-order valence-electron chi connectivity index (χ4n) is 3.20. The van der Waals surface area contributed by atoms with Crippen molar-refractivity contribution in [2.45, 2.75) is 36.6 Å². The number of nitrogens with zero attached hydrogens (tertiary/aromatic N) is 1. The van der Waals surface area contributed by atoms with Crippen LogP contribution in [0, 0.1) is 0 Å². The third-order valence-corrected chi connectivity index (χ3v) is 6.27. The molecule has 1 amide bonds. The van der Waals surface area contributed by atoms with Gasteiger partial charge in [-0.2, -0.15) is 13.2 Å². The number of amides is 1. The molecule has 8 nitrogen and oxygen atoms in total. The van der Waals surface area contributed by atoms with E-state index < -0.39 is 45.0 Å². The molecule has 12 heteroatoms. The maximum Gasteiger partial charge on any atom is 0.416 e. The summed E-state index contributed by atoms with van der Waals surface area (Å²) < 4.78 is 72.5. The molecular formula is C19H19F3N2O6S. The summed E-state index contributed by atoms with van der Waals surface area (Å²) in [4.78, 5) is 10.4. The van der Waals surface area contributed by atoms with E-state index in [2.05, 4.69) is 5.32 Å². The van der Waals surface area contributed by atoms with Crippen LogP contribution in [0.25, 0.3) is 0 Å². The molecule has 1 aliphatic rings. The molecule has 2 unspecified atom stereocenters. The number of hydrogen-bond acceptors (Lipinski definition) is 5. The van der Waals surface area contributed by atoms with Crippen LogP contribution >= 0.6 is 0 Å². The standard InChI is InChI=1S/C19H19F3N2O6S/c1-11(25)7-14-10-24(16-9-13(23-18(26)27)5-6-17(16)30-14)31(28,29)15-4-2-3-12(8-15)19(20,21)22/h2-6,8-9,11,14,23,25H,7,10H2,1H3,(H,26,27). The van der Waals surface area contributed by atoms with Gasteiger partial charge in [0.25, 0.3) is 10.0 Å². The van der Waals surface area contributed by atoms with E-state index in [9.17, 15) is 31.5 Å². The van der Waals surface area contributed by atoms with Crippen molar-refractivity contribution in [3.05, 3.63) is 48.0 Å². The van der Waals surface area contributed by atoms with Gasteiger partial charge in [0, 0.05) is 12.1 Å². The van der Waals surface area contributed by atoms with Gasteiger partial charge in [0.2, 0.25) is 0 Å². The monoisotopic (exact) mass is 460 g/mol. The van der Waals surface area contributed by atoms with Gasteiger partial charge in [-0.3, -0.25) is 9.62 Å². The Balaban J connectivity index is 2.10. The first-order valence-corrected chi connectivity index (χ1v) is 10.5. The minimum absolute atomic E-state index is 0.0366. The topological polar surface area (TPSA) is 116 Å². The number of anilines is 2. The van der Waals surface area contributed by atoms with Crippen molar-refractivity contribution in [2.24, 2.45) is 0 Å². The molecule has 1 heterocycles. The molecular weight excluding hydrogens is 441 g/mol. The van der Waals surface area contributed by atoms with E-state index in [0.717, 1.165) is 22.5 Å². The fourth-order valence-corrected chi connectivity index (χ4v) is 4.75. The highest BCUT2D eigenvalue weighted by atomic mass is 32.2. The second-order valence-corrected chi connectivity index (χ2v) is 8.86. The van der Waals surface area contributed by atoms with Gasteiger partial charge in [-0.05, 0) is 43.3 Å². The van der Waals surface area contributed by atoms with Crippen LogP contribution in [0.3, 0.4) is 0 Å². The van der Waals surface area contributed by atoms with Crippen LogP contribution in [0.2, 0.25) is 0 Å². The van der Waals surface area contributed by atoms with Gasteiger partial charge in [0.15, 0.2) is 0 Å². The van der Waals surface area contributed by atoms with E-state index >= 15 is 0 Å². The summed E-state index contributed by atoms with van der Waals surface area (Å²) in [5.74, 6) is 0.0865. The number of halogens is 3. The Kier molecular flexibility index (Phi) is 6.05. The highest BCUT2D eigenvalue weighted by Crippen LogP contribution is 2.40. The number of carboxylic acid groups (broad SMARTS) is 1. The Morgan fingerprint density at radius 2 is 2.00 bits per heavy atom. The second kappa shape index (κ2) is 8.27. The number of benzene rings is 2. The number of aliphatic hydroxyl groups is 1. The molecule has 168 valence electrons. The third-order valence-electron chi connectivity index (χ3n) is 4.50. The maximum atomic E-state index is 13.3. The second-order valence-electron chi connectivity index (χ2n) is 7.00. The van der Waals surface area contributed by atoms with Crippen LogP contribution in [0.4, 0.5) is 29.3 Å². The highest BCUT2D eigenvalue weighted by Gasteiger charge is 2.37. The smallest absolute Gasteiger partial charge is 0.416 e.